The van der Waals surface area contributed by atoms with Crippen molar-refractivity contribution in [2.75, 3.05) is 19.0 Å². The molecule has 3 rings (SSSR count). The third-order valence-corrected chi connectivity index (χ3v) is 4.24. The van der Waals surface area contributed by atoms with Crippen LogP contribution in [0.25, 0.3) is 17.2 Å². The quantitative estimate of drug-likeness (QED) is 0.455. The van der Waals surface area contributed by atoms with E-state index in [9.17, 15) is 14.7 Å². The molecule has 0 heterocycles. The molecule has 0 radical (unpaired) electrons. The number of rotatable bonds is 7. The maximum absolute atomic E-state index is 12.0. The van der Waals surface area contributed by atoms with Crippen LogP contribution in [0.4, 0.5) is 5.69 Å². The summed E-state index contributed by atoms with van der Waals surface area (Å²) in [5.41, 5.74) is 3.38. The van der Waals surface area contributed by atoms with Crippen LogP contribution in [0.3, 0.4) is 0 Å². The zero-order valence-corrected chi connectivity index (χ0v) is 16.4. The number of amides is 1. The molecule has 2 N–H and O–H groups in total. The molecule has 0 unspecified atom stereocenters. The topological polar surface area (TPSA) is 84.9 Å². The van der Waals surface area contributed by atoms with Crippen molar-refractivity contribution in [3.8, 4) is 22.6 Å². The molecule has 0 saturated carbocycles. The number of hydrogen-bond acceptors (Lipinski definition) is 5. The summed E-state index contributed by atoms with van der Waals surface area (Å²) in [4.78, 5) is 23.8. The van der Waals surface area contributed by atoms with Crippen LogP contribution in [-0.4, -0.2) is 30.7 Å². The van der Waals surface area contributed by atoms with E-state index in [2.05, 4.69) is 5.32 Å². The molecule has 1 amide bonds. The SMILES string of the molecule is COc1cc(/C=C/C(=O)OCC(=O)Nc2ccc(-c3ccccc3)cc2)ccc1O. The smallest absolute Gasteiger partial charge is 0.331 e. The Labute approximate surface area is 174 Å². The van der Waals surface area contributed by atoms with E-state index in [1.807, 2.05) is 42.5 Å². The number of carbonyl (C=O) groups is 2. The fourth-order valence-electron chi connectivity index (χ4n) is 2.72. The van der Waals surface area contributed by atoms with E-state index in [1.54, 1.807) is 24.3 Å². The van der Waals surface area contributed by atoms with Crippen LogP contribution in [0, 0.1) is 0 Å². The van der Waals surface area contributed by atoms with Gasteiger partial charge in [-0.1, -0.05) is 48.5 Å². The number of anilines is 1. The number of carbonyl (C=O) groups excluding carboxylic acids is 2. The summed E-state index contributed by atoms with van der Waals surface area (Å²) in [6.45, 7) is -0.400. The lowest BCUT2D eigenvalue weighted by Crippen LogP contribution is -2.20. The highest BCUT2D eigenvalue weighted by Gasteiger charge is 2.07. The highest BCUT2D eigenvalue weighted by molar-refractivity contribution is 5.94. The first kappa shape index (κ1) is 20.7. The predicted molar refractivity (Wildman–Crippen MR) is 115 cm³/mol. The zero-order chi connectivity index (χ0) is 21.3. The molecule has 0 saturated heterocycles. The van der Waals surface area contributed by atoms with Crippen molar-refractivity contribution >= 4 is 23.6 Å². The van der Waals surface area contributed by atoms with Gasteiger partial charge in [0.05, 0.1) is 7.11 Å². The molecule has 152 valence electrons. The van der Waals surface area contributed by atoms with Crippen molar-refractivity contribution in [3.63, 3.8) is 0 Å². The van der Waals surface area contributed by atoms with Gasteiger partial charge in [-0.25, -0.2) is 4.79 Å². The maximum Gasteiger partial charge on any atom is 0.331 e. The summed E-state index contributed by atoms with van der Waals surface area (Å²) in [5.74, 6) is -0.791. The molecule has 3 aromatic rings. The predicted octanol–water partition coefficient (Wildman–Crippen LogP) is 4.26. The number of hydrogen-bond donors (Lipinski definition) is 2. The molecule has 30 heavy (non-hydrogen) atoms. The van der Waals surface area contributed by atoms with Gasteiger partial charge >= 0.3 is 5.97 Å². The maximum atomic E-state index is 12.0. The molecule has 0 fully saturated rings. The van der Waals surface area contributed by atoms with E-state index in [1.165, 1.54) is 25.3 Å². The van der Waals surface area contributed by atoms with E-state index >= 15 is 0 Å². The van der Waals surface area contributed by atoms with E-state index in [0.29, 0.717) is 17.0 Å². The monoisotopic (exact) mass is 403 g/mol. The molecular formula is C24H21NO5. The molecule has 0 aliphatic carbocycles. The number of nitrogens with one attached hydrogen (secondary N) is 1. The van der Waals surface area contributed by atoms with E-state index in [-0.39, 0.29) is 5.75 Å². The Bertz CT molecular complexity index is 1040. The Balaban J connectivity index is 1.49. The van der Waals surface area contributed by atoms with Gasteiger partial charge in [0.1, 0.15) is 0 Å². The van der Waals surface area contributed by atoms with Crippen LogP contribution >= 0.6 is 0 Å². The van der Waals surface area contributed by atoms with E-state index < -0.39 is 18.5 Å². The van der Waals surface area contributed by atoms with Gasteiger partial charge in [0.15, 0.2) is 18.1 Å². The van der Waals surface area contributed by atoms with Gasteiger partial charge in [0.2, 0.25) is 0 Å². The van der Waals surface area contributed by atoms with Gasteiger partial charge in [0, 0.05) is 11.8 Å². The standard InChI is InChI=1S/C24H21NO5/c1-29-22-15-17(7-13-21(22)26)8-14-24(28)30-16-23(27)25-20-11-9-19(10-12-20)18-5-3-2-4-6-18/h2-15,26H,16H2,1H3,(H,25,27)/b14-8+. The Morgan fingerprint density at radius 3 is 2.37 bits per heavy atom. The second kappa shape index (κ2) is 9.93. The first-order chi connectivity index (χ1) is 14.5. The average Bonchev–Trinajstić information content (AvgIpc) is 2.78. The Morgan fingerprint density at radius 1 is 0.967 bits per heavy atom. The summed E-state index contributed by atoms with van der Waals surface area (Å²) in [6.07, 6.45) is 2.71. The van der Waals surface area contributed by atoms with Crippen LogP contribution < -0.4 is 10.1 Å². The van der Waals surface area contributed by atoms with Gasteiger partial charge in [-0.2, -0.15) is 0 Å². The van der Waals surface area contributed by atoms with Crippen molar-refractivity contribution in [1.29, 1.82) is 0 Å². The zero-order valence-electron chi connectivity index (χ0n) is 16.4. The summed E-state index contributed by atoms with van der Waals surface area (Å²) in [5, 5.41) is 12.3. The van der Waals surface area contributed by atoms with Crippen LogP contribution in [0.1, 0.15) is 5.56 Å². The fourth-order valence-corrected chi connectivity index (χ4v) is 2.72. The molecule has 6 heteroatoms. The third-order valence-electron chi connectivity index (χ3n) is 4.24. The van der Waals surface area contributed by atoms with Crippen molar-refractivity contribution in [3.05, 3.63) is 84.4 Å². The van der Waals surface area contributed by atoms with E-state index in [0.717, 1.165) is 11.1 Å². The van der Waals surface area contributed by atoms with E-state index in [4.69, 9.17) is 9.47 Å². The molecule has 0 aliphatic heterocycles. The van der Waals surface area contributed by atoms with Crippen molar-refractivity contribution in [1.82, 2.24) is 0 Å². The lowest BCUT2D eigenvalue weighted by molar-refractivity contribution is -0.142. The Kier molecular flexibility index (Phi) is 6.84. The molecule has 0 bridgehead atoms. The number of esters is 1. The van der Waals surface area contributed by atoms with Gasteiger partial charge in [-0.3, -0.25) is 4.79 Å². The highest BCUT2D eigenvalue weighted by atomic mass is 16.5. The van der Waals surface area contributed by atoms with Crippen LogP contribution in [0.15, 0.2) is 78.9 Å². The number of phenolic OH excluding ortho intramolecular Hbond substituents is 1. The third kappa shape index (κ3) is 5.72. The summed E-state index contributed by atoms with van der Waals surface area (Å²) in [7, 11) is 1.44. The first-order valence-electron chi connectivity index (χ1n) is 9.22. The number of aromatic hydroxyl groups is 1. The Hall–Kier alpha value is -4.06. The van der Waals surface area contributed by atoms with Gasteiger partial charge in [-0.05, 0) is 47.0 Å². The minimum Gasteiger partial charge on any atom is -0.504 e. The fraction of sp³-hybridized carbons (Fsp3) is 0.0833. The van der Waals surface area contributed by atoms with Gasteiger partial charge < -0.3 is 19.9 Å². The second-order valence-electron chi connectivity index (χ2n) is 6.36. The minimum absolute atomic E-state index is 0.00528. The minimum atomic E-state index is -0.656. The number of methoxy groups -OCH3 is 1. The lowest BCUT2D eigenvalue weighted by Gasteiger charge is -2.07. The second-order valence-corrected chi connectivity index (χ2v) is 6.36. The molecule has 3 aromatic carbocycles. The molecule has 6 nitrogen and oxygen atoms in total. The summed E-state index contributed by atoms with van der Waals surface area (Å²) in [6, 6.07) is 22.0. The molecule has 0 spiro atoms. The molecule has 0 aromatic heterocycles. The number of phenols is 1. The number of benzene rings is 3. The van der Waals surface area contributed by atoms with Crippen molar-refractivity contribution in [2.24, 2.45) is 0 Å². The number of ether oxygens (including phenoxy) is 2. The Morgan fingerprint density at radius 2 is 1.67 bits per heavy atom. The van der Waals surface area contributed by atoms with Crippen LogP contribution in [0.5, 0.6) is 11.5 Å². The van der Waals surface area contributed by atoms with Crippen LogP contribution in [-0.2, 0) is 14.3 Å². The highest BCUT2D eigenvalue weighted by Crippen LogP contribution is 2.26. The van der Waals surface area contributed by atoms with Crippen LogP contribution in [0.2, 0.25) is 0 Å². The normalized spacial score (nSPS) is 10.6. The van der Waals surface area contributed by atoms with Gasteiger partial charge in [-0.15, -0.1) is 0 Å². The summed E-state index contributed by atoms with van der Waals surface area (Å²) < 4.78 is 9.96. The van der Waals surface area contributed by atoms with Crippen molar-refractivity contribution < 1.29 is 24.2 Å². The molecular weight excluding hydrogens is 382 g/mol. The van der Waals surface area contributed by atoms with Gasteiger partial charge in [0.25, 0.3) is 5.91 Å². The lowest BCUT2D eigenvalue weighted by atomic mass is 10.1. The molecule has 0 atom stereocenters. The summed E-state index contributed by atoms with van der Waals surface area (Å²) >= 11 is 0. The first-order valence-corrected chi connectivity index (χ1v) is 9.22. The largest absolute Gasteiger partial charge is 0.504 e. The average molecular weight is 403 g/mol. The van der Waals surface area contributed by atoms with Crippen molar-refractivity contribution in [2.45, 2.75) is 0 Å². The molecule has 0 aliphatic rings.